The molecule has 1 aliphatic heterocycles. The van der Waals surface area contributed by atoms with E-state index in [-0.39, 0.29) is 11.1 Å². The van der Waals surface area contributed by atoms with Crippen molar-refractivity contribution in [1.29, 1.82) is 0 Å². The fourth-order valence-electron chi connectivity index (χ4n) is 2.92. The second-order valence-electron chi connectivity index (χ2n) is 5.89. The van der Waals surface area contributed by atoms with Gasteiger partial charge < -0.3 is 10.2 Å². The van der Waals surface area contributed by atoms with Crippen LogP contribution in [0.25, 0.3) is 0 Å². The summed E-state index contributed by atoms with van der Waals surface area (Å²) in [4.78, 5) is 12.9. The van der Waals surface area contributed by atoms with Crippen LogP contribution < -0.4 is 5.32 Å². The van der Waals surface area contributed by atoms with Crippen molar-refractivity contribution in [3.05, 3.63) is 0 Å². The van der Waals surface area contributed by atoms with E-state index in [1.165, 1.54) is 0 Å². The largest absolute Gasteiger partial charge is 0.342 e. The molecule has 88 valence electrons. The van der Waals surface area contributed by atoms with Crippen LogP contribution >= 0.6 is 0 Å². The zero-order valence-corrected chi connectivity index (χ0v) is 10.6. The van der Waals surface area contributed by atoms with Gasteiger partial charge in [0.25, 0.3) is 0 Å². The molecule has 0 bridgehead atoms. The zero-order valence-electron chi connectivity index (χ0n) is 10.6. The Morgan fingerprint density at radius 2 is 1.73 bits per heavy atom. The molecule has 1 heterocycles. The van der Waals surface area contributed by atoms with E-state index in [0.29, 0.717) is 6.04 Å². The van der Waals surface area contributed by atoms with Crippen LogP contribution in [0.2, 0.25) is 0 Å². The molecule has 1 aliphatic rings. The number of carbonyl (C=O) groups is 1. The van der Waals surface area contributed by atoms with Gasteiger partial charge in [0.1, 0.15) is 0 Å². The molecule has 1 rings (SSSR count). The fraction of sp³-hybridized carbons (Fsp3) is 0.917. The molecule has 0 aliphatic carbocycles. The van der Waals surface area contributed by atoms with Crippen LogP contribution in [0.3, 0.4) is 0 Å². The standard InChI is InChI=1S/C12H24N2O/c1-6-14(9-15)10-7-11(2,3)13-12(4,5)8-10/h9-10,13H,6-8H2,1-5H3. The second-order valence-corrected chi connectivity index (χ2v) is 5.89. The molecular formula is C12H24N2O. The molecule has 0 aromatic heterocycles. The van der Waals surface area contributed by atoms with E-state index in [4.69, 9.17) is 0 Å². The van der Waals surface area contributed by atoms with Crippen molar-refractivity contribution in [2.45, 2.75) is 64.6 Å². The van der Waals surface area contributed by atoms with Crippen LogP contribution in [0, 0.1) is 0 Å². The third-order valence-corrected chi connectivity index (χ3v) is 3.14. The molecule has 0 atom stereocenters. The van der Waals surface area contributed by atoms with Gasteiger partial charge in [-0.1, -0.05) is 0 Å². The average Bonchev–Trinajstić information content (AvgIpc) is 2.00. The van der Waals surface area contributed by atoms with Gasteiger partial charge in [-0.2, -0.15) is 0 Å². The monoisotopic (exact) mass is 212 g/mol. The normalized spacial score (nSPS) is 24.9. The lowest BCUT2D eigenvalue weighted by Crippen LogP contribution is -2.62. The van der Waals surface area contributed by atoms with Gasteiger partial charge in [-0.05, 0) is 47.5 Å². The molecule has 0 saturated carbocycles. The molecule has 3 heteroatoms. The summed E-state index contributed by atoms with van der Waals surface area (Å²) < 4.78 is 0. The number of carbonyl (C=O) groups excluding carboxylic acids is 1. The molecule has 1 amide bonds. The number of rotatable bonds is 3. The van der Waals surface area contributed by atoms with E-state index in [9.17, 15) is 4.79 Å². The zero-order chi connectivity index (χ0) is 11.7. The fourth-order valence-corrected chi connectivity index (χ4v) is 2.92. The van der Waals surface area contributed by atoms with E-state index in [2.05, 4.69) is 33.0 Å². The van der Waals surface area contributed by atoms with E-state index in [1.54, 1.807) is 0 Å². The Labute approximate surface area is 93.2 Å². The first kappa shape index (κ1) is 12.5. The van der Waals surface area contributed by atoms with Crippen molar-refractivity contribution in [2.24, 2.45) is 0 Å². The molecule has 0 unspecified atom stereocenters. The minimum atomic E-state index is 0.114. The topological polar surface area (TPSA) is 32.3 Å². The third kappa shape index (κ3) is 3.20. The van der Waals surface area contributed by atoms with Crippen molar-refractivity contribution < 1.29 is 4.79 Å². The lowest BCUT2D eigenvalue weighted by atomic mass is 9.79. The van der Waals surface area contributed by atoms with Crippen molar-refractivity contribution in [2.75, 3.05) is 6.54 Å². The first-order valence-electron chi connectivity index (χ1n) is 5.80. The SMILES string of the molecule is CCN(C=O)C1CC(C)(C)NC(C)(C)C1. The van der Waals surface area contributed by atoms with E-state index >= 15 is 0 Å². The van der Waals surface area contributed by atoms with Crippen molar-refractivity contribution >= 4 is 6.41 Å². The van der Waals surface area contributed by atoms with Gasteiger partial charge >= 0.3 is 0 Å². The number of piperidine rings is 1. The lowest BCUT2D eigenvalue weighted by molar-refractivity contribution is -0.121. The highest BCUT2D eigenvalue weighted by molar-refractivity contribution is 5.47. The number of nitrogens with one attached hydrogen (secondary N) is 1. The summed E-state index contributed by atoms with van der Waals surface area (Å²) in [7, 11) is 0. The molecule has 1 fully saturated rings. The summed E-state index contributed by atoms with van der Waals surface area (Å²) >= 11 is 0. The Hall–Kier alpha value is -0.570. The molecule has 0 spiro atoms. The van der Waals surface area contributed by atoms with Crippen LogP contribution in [0.5, 0.6) is 0 Å². The Kier molecular flexibility index (Phi) is 3.44. The van der Waals surface area contributed by atoms with Crippen molar-refractivity contribution in [1.82, 2.24) is 10.2 Å². The van der Waals surface area contributed by atoms with Gasteiger partial charge in [-0.3, -0.25) is 4.79 Å². The second kappa shape index (κ2) is 4.12. The summed E-state index contributed by atoms with van der Waals surface area (Å²) in [6, 6.07) is 0.374. The summed E-state index contributed by atoms with van der Waals surface area (Å²) in [6.07, 6.45) is 3.05. The lowest BCUT2D eigenvalue weighted by Gasteiger charge is -2.48. The highest BCUT2D eigenvalue weighted by Crippen LogP contribution is 2.30. The summed E-state index contributed by atoms with van der Waals surface area (Å²) in [5.74, 6) is 0. The maximum absolute atomic E-state index is 11.0. The minimum absolute atomic E-state index is 0.114. The van der Waals surface area contributed by atoms with Crippen molar-refractivity contribution in [3.63, 3.8) is 0 Å². The predicted octanol–water partition coefficient (Wildman–Crippen LogP) is 1.77. The van der Waals surface area contributed by atoms with Gasteiger partial charge in [-0.15, -0.1) is 0 Å². The number of hydrogen-bond donors (Lipinski definition) is 1. The van der Waals surface area contributed by atoms with Crippen molar-refractivity contribution in [3.8, 4) is 0 Å². The van der Waals surface area contributed by atoms with Gasteiger partial charge in [0.2, 0.25) is 6.41 Å². The molecular weight excluding hydrogens is 188 g/mol. The van der Waals surface area contributed by atoms with Gasteiger partial charge in [-0.25, -0.2) is 0 Å². The molecule has 3 nitrogen and oxygen atoms in total. The van der Waals surface area contributed by atoms with E-state index < -0.39 is 0 Å². The van der Waals surface area contributed by atoms with Gasteiger partial charge in [0, 0.05) is 23.7 Å². The smallest absolute Gasteiger partial charge is 0.209 e. The quantitative estimate of drug-likeness (QED) is 0.723. The molecule has 0 aromatic carbocycles. The van der Waals surface area contributed by atoms with Crippen LogP contribution in [-0.2, 0) is 4.79 Å². The van der Waals surface area contributed by atoms with Crippen LogP contribution in [0.4, 0.5) is 0 Å². The Bertz CT molecular complexity index is 220. The van der Waals surface area contributed by atoms with Gasteiger partial charge in [0.05, 0.1) is 0 Å². The predicted molar refractivity (Wildman–Crippen MR) is 62.8 cm³/mol. The molecule has 1 saturated heterocycles. The first-order chi connectivity index (χ1) is 6.79. The summed E-state index contributed by atoms with van der Waals surface area (Å²) in [5, 5.41) is 3.62. The Balaban J connectivity index is 2.78. The maximum atomic E-state index is 11.0. The minimum Gasteiger partial charge on any atom is -0.342 e. The summed E-state index contributed by atoms with van der Waals surface area (Å²) in [5.41, 5.74) is 0.228. The molecule has 1 N–H and O–H groups in total. The third-order valence-electron chi connectivity index (χ3n) is 3.14. The van der Waals surface area contributed by atoms with Gasteiger partial charge in [0.15, 0.2) is 0 Å². The number of hydrogen-bond acceptors (Lipinski definition) is 2. The highest BCUT2D eigenvalue weighted by atomic mass is 16.1. The van der Waals surface area contributed by atoms with E-state index in [1.807, 2.05) is 11.8 Å². The molecule has 0 aromatic rings. The number of nitrogens with zero attached hydrogens (tertiary/aromatic N) is 1. The van der Waals surface area contributed by atoms with E-state index in [0.717, 1.165) is 25.8 Å². The maximum Gasteiger partial charge on any atom is 0.209 e. The Morgan fingerprint density at radius 1 is 1.27 bits per heavy atom. The molecule has 15 heavy (non-hydrogen) atoms. The van der Waals surface area contributed by atoms with Crippen LogP contribution in [0.15, 0.2) is 0 Å². The molecule has 0 radical (unpaired) electrons. The summed E-state index contributed by atoms with van der Waals surface area (Å²) in [6.45, 7) is 11.7. The number of amides is 1. The Morgan fingerprint density at radius 3 is 2.07 bits per heavy atom. The highest BCUT2D eigenvalue weighted by Gasteiger charge is 2.39. The van der Waals surface area contributed by atoms with Crippen LogP contribution in [-0.4, -0.2) is 35.0 Å². The van der Waals surface area contributed by atoms with Crippen LogP contribution in [0.1, 0.15) is 47.5 Å². The first-order valence-corrected chi connectivity index (χ1v) is 5.80. The average molecular weight is 212 g/mol.